The number of primary amides is 1. The molecule has 1 atom stereocenters. The van der Waals surface area contributed by atoms with Gasteiger partial charge >= 0.3 is 5.97 Å². The summed E-state index contributed by atoms with van der Waals surface area (Å²) >= 11 is 0. The van der Waals surface area contributed by atoms with Crippen molar-refractivity contribution in [2.75, 3.05) is 19.7 Å². The summed E-state index contributed by atoms with van der Waals surface area (Å²) in [5, 5.41) is 0. The second kappa shape index (κ2) is 8.06. The van der Waals surface area contributed by atoms with Gasteiger partial charge in [-0.3, -0.25) is 19.3 Å². The van der Waals surface area contributed by atoms with E-state index in [0.717, 1.165) is 5.56 Å². The van der Waals surface area contributed by atoms with Crippen LogP contribution >= 0.6 is 0 Å². The van der Waals surface area contributed by atoms with Crippen molar-refractivity contribution in [1.29, 1.82) is 0 Å². The maximum absolute atomic E-state index is 12.6. The van der Waals surface area contributed by atoms with Crippen LogP contribution in [-0.2, 0) is 25.7 Å². The summed E-state index contributed by atoms with van der Waals surface area (Å²) in [5.74, 6) is -1.23. The van der Waals surface area contributed by atoms with Gasteiger partial charge in [0.2, 0.25) is 5.91 Å². The molecule has 2 rings (SSSR count). The number of carbonyl (C=O) groups is 3. The van der Waals surface area contributed by atoms with E-state index in [1.807, 2.05) is 30.3 Å². The normalized spacial score (nSPS) is 21.5. The zero-order chi connectivity index (χ0) is 17.6. The molecular formula is C18H24N2O4. The predicted octanol–water partition coefficient (Wildman–Crippen LogP) is 1.28. The Hall–Kier alpha value is -2.21. The minimum absolute atomic E-state index is 0.0102. The van der Waals surface area contributed by atoms with Crippen molar-refractivity contribution in [3.63, 3.8) is 0 Å². The third kappa shape index (κ3) is 4.20. The molecule has 1 saturated heterocycles. The monoisotopic (exact) mass is 332 g/mol. The highest BCUT2D eigenvalue weighted by Crippen LogP contribution is 2.34. The molecule has 24 heavy (non-hydrogen) atoms. The molecule has 0 radical (unpaired) electrons. The van der Waals surface area contributed by atoms with Crippen molar-refractivity contribution in [3.05, 3.63) is 35.9 Å². The van der Waals surface area contributed by atoms with E-state index < -0.39 is 17.3 Å². The van der Waals surface area contributed by atoms with Crippen molar-refractivity contribution in [2.45, 2.75) is 32.7 Å². The van der Waals surface area contributed by atoms with Crippen LogP contribution in [0.15, 0.2) is 30.3 Å². The van der Waals surface area contributed by atoms with Gasteiger partial charge in [0.25, 0.3) is 0 Å². The standard InChI is InChI=1S/C18H24N2O4/c1-2-24-17(23)18(10-8-16(19)22)13-20(11-9-15(18)21)12-14-6-4-3-5-7-14/h3-7H,2,8-13H2,1H3,(H2,19,22)/t18-/m0/s1. The average Bonchev–Trinajstić information content (AvgIpc) is 2.56. The number of amides is 1. The molecule has 0 aromatic heterocycles. The van der Waals surface area contributed by atoms with E-state index >= 15 is 0 Å². The van der Waals surface area contributed by atoms with Gasteiger partial charge in [-0.25, -0.2) is 0 Å². The van der Waals surface area contributed by atoms with Gasteiger partial charge in [0.05, 0.1) is 6.61 Å². The first kappa shape index (κ1) is 18.1. The second-order valence-electron chi connectivity index (χ2n) is 6.14. The molecule has 130 valence electrons. The van der Waals surface area contributed by atoms with Crippen LogP contribution in [-0.4, -0.2) is 42.3 Å². The minimum atomic E-state index is -1.29. The number of ether oxygens (including phenoxy) is 1. The molecule has 0 spiro atoms. The van der Waals surface area contributed by atoms with Crippen LogP contribution < -0.4 is 5.73 Å². The lowest BCUT2D eigenvalue weighted by Crippen LogP contribution is -2.54. The van der Waals surface area contributed by atoms with Crippen molar-refractivity contribution < 1.29 is 19.1 Å². The molecule has 1 aliphatic rings. The number of hydrogen-bond donors (Lipinski definition) is 1. The molecule has 6 heteroatoms. The minimum Gasteiger partial charge on any atom is -0.465 e. The van der Waals surface area contributed by atoms with E-state index in [2.05, 4.69) is 4.90 Å². The van der Waals surface area contributed by atoms with Crippen LogP contribution in [0.5, 0.6) is 0 Å². The lowest BCUT2D eigenvalue weighted by molar-refractivity contribution is -0.165. The molecule has 0 saturated carbocycles. The van der Waals surface area contributed by atoms with Gasteiger partial charge < -0.3 is 10.5 Å². The van der Waals surface area contributed by atoms with E-state index in [4.69, 9.17) is 10.5 Å². The summed E-state index contributed by atoms with van der Waals surface area (Å²) in [6.07, 6.45) is 0.361. The Balaban J connectivity index is 2.20. The first-order valence-electron chi connectivity index (χ1n) is 8.23. The number of esters is 1. The van der Waals surface area contributed by atoms with E-state index in [1.54, 1.807) is 6.92 Å². The molecule has 1 heterocycles. The van der Waals surface area contributed by atoms with E-state index in [1.165, 1.54) is 0 Å². The van der Waals surface area contributed by atoms with E-state index in [0.29, 0.717) is 13.1 Å². The zero-order valence-corrected chi connectivity index (χ0v) is 14.0. The summed E-state index contributed by atoms with van der Waals surface area (Å²) in [6, 6.07) is 9.86. The van der Waals surface area contributed by atoms with Crippen LogP contribution in [0.2, 0.25) is 0 Å². The van der Waals surface area contributed by atoms with Crippen LogP contribution in [0, 0.1) is 5.41 Å². The highest BCUT2D eigenvalue weighted by molar-refractivity contribution is 6.05. The first-order valence-corrected chi connectivity index (χ1v) is 8.23. The number of Topliss-reactive ketones (excluding diaryl/α,β-unsaturated/α-hetero) is 1. The molecule has 1 aliphatic heterocycles. The Kier molecular flexibility index (Phi) is 6.09. The molecule has 0 bridgehead atoms. The van der Waals surface area contributed by atoms with Gasteiger partial charge in [0.1, 0.15) is 5.41 Å². The molecule has 6 nitrogen and oxygen atoms in total. The molecule has 1 fully saturated rings. The van der Waals surface area contributed by atoms with Crippen LogP contribution in [0.25, 0.3) is 0 Å². The van der Waals surface area contributed by atoms with Crippen LogP contribution in [0.1, 0.15) is 31.7 Å². The Morgan fingerprint density at radius 3 is 2.62 bits per heavy atom. The smallest absolute Gasteiger partial charge is 0.320 e. The van der Waals surface area contributed by atoms with Gasteiger partial charge in [-0.1, -0.05) is 30.3 Å². The van der Waals surface area contributed by atoms with Gasteiger partial charge in [-0.15, -0.1) is 0 Å². The maximum Gasteiger partial charge on any atom is 0.320 e. The number of benzene rings is 1. The number of piperidine rings is 1. The Labute approximate surface area is 142 Å². The first-order chi connectivity index (χ1) is 11.5. The van der Waals surface area contributed by atoms with Gasteiger partial charge in [0.15, 0.2) is 5.78 Å². The highest BCUT2D eigenvalue weighted by atomic mass is 16.5. The van der Waals surface area contributed by atoms with Crippen molar-refractivity contribution in [2.24, 2.45) is 11.1 Å². The molecule has 1 aromatic carbocycles. The fourth-order valence-electron chi connectivity index (χ4n) is 3.13. The van der Waals surface area contributed by atoms with Crippen LogP contribution in [0.4, 0.5) is 0 Å². The summed E-state index contributed by atoms with van der Waals surface area (Å²) in [7, 11) is 0. The molecular weight excluding hydrogens is 308 g/mol. The van der Waals surface area contributed by atoms with Gasteiger partial charge in [-0.2, -0.15) is 0 Å². The fraction of sp³-hybridized carbons (Fsp3) is 0.500. The molecule has 2 N–H and O–H groups in total. The van der Waals surface area contributed by atoms with E-state index in [9.17, 15) is 14.4 Å². The SMILES string of the molecule is CCOC(=O)[C@@]1(CCC(N)=O)CN(Cc2ccccc2)CCC1=O. The molecule has 0 aliphatic carbocycles. The molecule has 1 amide bonds. The lowest BCUT2D eigenvalue weighted by Gasteiger charge is -2.39. The predicted molar refractivity (Wildman–Crippen MR) is 88.8 cm³/mol. The second-order valence-corrected chi connectivity index (χ2v) is 6.14. The van der Waals surface area contributed by atoms with Gasteiger partial charge in [0, 0.05) is 32.5 Å². The highest BCUT2D eigenvalue weighted by Gasteiger charge is 2.50. The van der Waals surface area contributed by atoms with Crippen molar-refractivity contribution >= 4 is 17.7 Å². The maximum atomic E-state index is 12.6. The van der Waals surface area contributed by atoms with E-state index in [-0.39, 0.29) is 38.2 Å². The number of rotatable bonds is 7. The third-order valence-electron chi connectivity index (χ3n) is 4.40. The van der Waals surface area contributed by atoms with Crippen molar-refractivity contribution in [3.8, 4) is 0 Å². The summed E-state index contributed by atoms with van der Waals surface area (Å²) in [4.78, 5) is 38.3. The third-order valence-corrected chi connectivity index (χ3v) is 4.40. The number of ketones is 1. The summed E-state index contributed by atoms with van der Waals surface area (Å²) in [6.45, 7) is 3.39. The zero-order valence-electron chi connectivity index (χ0n) is 14.0. The average molecular weight is 332 g/mol. The Morgan fingerprint density at radius 1 is 1.29 bits per heavy atom. The number of carbonyl (C=O) groups excluding carboxylic acids is 3. The summed E-state index contributed by atoms with van der Waals surface area (Å²) < 4.78 is 5.15. The van der Waals surface area contributed by atoms with Gasteiger partial charge in [-0.05, 0) is 18.9 Å². The number of nitrogens with zero attached hydrogens (tertiary/aromatic N) is 1. The Morgan fingerprint density at radius 2 is 2.00 bits per heavy atom. The topological polar surface area (TPSA) is 89.7 Å². The lowest BCUT2D eigenvalue weighted by atomic mass is 9.74. The Bertz CT molecular complexity index is 602. The quantitative estimate of drug-likeness (QED) is 0.600. The largest absolute Gasteiger partial charge is 0.465 e. The number of likely N-dealkylation sites (tertiary alicyclic amines) is 1. The number of nitrogens with two attached hydrogens (primary N) is 1. The van der Waals surface area contributed by atoms with Crippen molar-refractivity contribution in [1.82, 2.24) is 4.90 Å². The molecule has 0 unspecified atom stereocenters. The van der Waals surface area contributed by atoms with Crippen LogP contribution in [0.3, 0.4) is 0 Å². The fourth-order valence-corrected chi connectivity index (χ4v) is 3.13. The summed E-state index contributed by atoms with van der Waals surface area (Å²) in [5.41, 5.74) is 5.05. The number of hydrogen-bond acceptors (Lipinski definition) is 5. The molecule has 1 aromatic rings.